The third-order valence-electron chi connectivity index (χ3n) is 3.32. The van der Waals surface area contributed by atoms with Gasteiger partial charge in [0.15, 0.2) is 0 Å². The smallest absolute Gasteiger partial charge is 0.129 e. The minimum absolute atomic E-state index is 0.116. The predicted octanol–water partition coefficient (Wildman–Crippen LogP) is 4.20. The molecule has 2 aromatic carbocycles. The average molecular weight is 269 g/mol. The Labute approximate surface area is 118 Å². The molecule has 2 nitrogen and oxygen atoms in total. The van der Waals surface area contributed by atoms with Gasteiger partial charge >= 0.3 is 0 Å². The Morgan fingerprint density at radius 1 is 1.15 bits per heavy atom. The lowest BCUT2D eigenvalue weighted by atomic mass is 10.1. The minimum atomic E-state index is -0.356. The van der Waals surface area contributed by atoms with E-state index in [4.69, 9.17) is 10.00 Å². The quantitative estimate of drug-likeness (QED) is 0.836. The SMILES string of the molecule is Cc1cc(C)c(C)c(OCc2cc(C#N)ccc2F)c1. The van der Waals surface area contributed by atoms with Crippen LogP contribution in [-0.4, -0.2) is 0 Å². The summed E-state index contributed by atoms with van der Waals surface area (Å²) in [5, 5.41) is 8.84. The standard InChI is InChI=1S/C17H16FNO/c1-11-6-12(2)13(3)17(7-11)20-10-15-8-14(9-19)4-5-16(15)18/h4-8H,10H2,1-3H3. The largest absolute Gasteiger partial charge is 0.489 e. The van der Waals surface area contributed by atoms with E-state index in [0.29, 0.717) is 11.1 Å². The van der Waals surface area contributed by atoms with E-state index in [1.165, 1.54) is 18.2 Å². The first-order valence-corrected chi connectivity index (χ1v) is 6.40. The fraction of sp³-hybridized carbons (Fsp3) is 0.235. The van der Waals surface area contributed by atoms with Crippen LogP contribution in [0.15, 0.2) is 30.3 Å². The summed E-state index contributed by atoms with van der Waals surface area (Å²) in [5.41, 5.74) is 4.12. The fourth-order valence-corrected chi connectivity index (χ4v) is 2.06. The van der Waals surface area contributed by atoms with E-state index in [0.717, 1.165) is 22.4 Å². The van der Waals surface area contributed by atoms with Gasteiger partial charge in [0.1, 0.15) is 18.2 Å². The summed E-state index contributed by atoms with van der Waals surface area (Å²) in [6.07, 6.45) is 0. The van der Waals surface area contributed by atoms with Crippen LogP contribution in [0.5, 0.6) is 5.75 Å². The maximum Gasteiger partial charge on any atom is 0.129 e. The van der Waals surface area contributed by atoms with E-state index in [1.807, 2.05) is 32.9 Å². The summed E-state index contributed by atoms with van der Waals surface area (Å²) in [6.45, 7) is 6.11. The van der Waals surface area contributed by atoms with Crippen LogP contribution in [0.25, 0.3) is 0 Å². The number of rotatable bonds is 3. The van der Waals surface area contributed by atoms with E-state index < -0.39 is 0 Å². The van der Waals surface area contributed by atoms with Crippen molar-refractivity contribution in [2.75, 3.05) is 0 Å². The molecule has 0 bridgehead atoms. The molecule has 0 aliphatic carbocycles. The molecule has 20 heavy (non-hydrogen) atoms. The van der Waals surface area contributed by atoms with Crippen molar-refractivity contribution >= 4 is 0 Å². The van der Waals surface area contributed by atoms with Crippen molar-refractivity contribution in [3.05, 3.63) is 64.0 Å². The van der Waals surface area contributed by atoms with Crippen LogP contribution in [0.1, 0.15) is 27.8 Å². The molecule has 2 aromatic rings. The Morgan fingerprint density at radius 2 is 1.90 bits per heavy atom. The van der Waals surface area contributed by atoms with Gasteiger partial charge in [-0.05, 0) is 61.7 Å². The van der Waals surface area contributed by atoms with Crippen LogP contribution >= 0.6 is 0 Å². The van der Waals surface area contributed by atoms with Gasteiger partial charge in [-0.15, -0.1) is 0 Å². The maximum absolute atomic E-state index is 13.7. The molecule has 0 unspecified atom stereocenters. The molecule has 0 spiro atoms. The number of aryl methyl sites for hydroxylation is 2. The molecule has 3 heteroatoms. The first kappa shape index (κ1) is 14.1. The number of nitriles is 1. The summed E-state index contributed by atoms with van der Waals surface area (Å²) in [4.78, 5) is 0. The Kier molecular flexibility index (Phi) is 4.05. The number of hydrogen-bond donors (Lipinski definition) is 0. The van der Waals surface area contributed by atoms with Crippen LogP contribution in [0.2, 0.25) is 0 Å². The molecule has 0 fully saturated rings. The molecule has 0 aliphatic heterocycles. The van der Waals surface area contributed by atoms with Gasteiger partial charge in [0.05, 0.1) is 11.6 Å². The number of nitrogens with zero attached hydrogens (tertiary/aromatic N) is 1. The highest BCUT2D eigenvalue weighted by Gasteiger charge is 2.08. The van der Waals surface area contributed by atoms with Gasteiger partial charge in [0, 0.05) is 5.56 Å². The molecule has 0 radical (unpaired) electrons. The van der Waals surface area contributed by atoms with E-state index in [-0.39, 0.29) is 12.4 Å². The van der Waals surface area contributed by atoms with Gasteiger partial charge in [-0.2, -0.15) is 5.26 Å². The molecule has 2 rings (SSSR count). The van der Waals surface area contributed by atoms with E-state index in [2.05, 4.69) is 6.07 Å². The van der Waals surface area contributed by atoms with Crippen LogP contribution in [0, 0.1) is 37.9 Å². The first-order valence-electron chi connectivity index (χ1n) is 6.40. The molecular weight excluding hydrogens is 253 g/mol. The highest BCUT2D eigenvalue weighted by atomic mass is 19.1. The summed E-state index contributed by atoms with van der Waals surface area (Å²) in [6, 6.07) is 10.3. The molecule has 0 heterocycles. The highest BCUT2D eigenvalue weighted by Crippen LogP contribution is 2.24. The van der Waals surface area contributed by atoms with Gasteiger partial charge in [0.2, 0.25) is 0 Å². The molecule has 0 aromatic heterocycles. The van der Waals surface area contributed by atoms with E-state index in [1.54, 1.807) is 0 Å². The number of ether oxygens (including phenoxy) is 1. The minimum Gasteiger partial charge on any atom is -0.489 e. The van der Waals surface area contributed by atoms with Crippen molar-refractivity contribution in [3.8, 4) is 11.8 Å². The Morgan fingerprint density at radius 3 is 2.60 bits per heavy atom. The normalized spacial score (nSPS) is 10.2. The van der Waals surface area contributed by atoms with Gasteiger partial charge in [-0.1, -0.05) is 6.07 Å². The Balaban J connectivity index is 2.23. The fourth-order valence-electron chi connectivity index (χ4n) is 2.06. The van der Waals surface area contributed by atoms with E-state index in [9.17, 15) is 4.39 Å². The topological polar surface area (TPSA) is 33.0 Å². The summed E-state index contributed by atoms with van der Waals surface area (Å²) in [5.74, 6) is 0.398. The molecule has 0 atom stereocenters. The number of benzene rings is 2. The highest BCUT2D eigenvalue weighted by molar-refractivity contribution is 5.42. The zero-order valence-corrected chi connectivity index (χ0v) is 11.8. The first-order chi connectivity index (χ1) is 9.51. The molecular formula is C17H16FNO. The molecule has 0 aliphatic rings. The van der Waals surface area contributed by atoms with Crippen molar-refractivity contribution in [2.24, 2.45) is 0 Å². The average Bonchev–Trinajstić information content (AvgIpc) is 2.42. The van der Waals surface area contributed by atoms with Gasteiger partial charge in [0.25, 0.3) is 0 Å². The molecule has 0 saturated heterocycles. The van der Waals surface area contributed by atoms with Crippen molar-refractivity contribution < 1.29 is 9.13 Å². The van der Waals surface area contributed by atoms with Gasteiger partial charge in [-0.25, -0.2) is 4.39 Å². The van der Waals surface area contributed by atoms with Crippen molar-refractivity contribution in [1.29, 1.82) is 5.26 Å². The Hall–Kier alpha value is -2.34. The zero-order chi connectivity index (χ0) is 14.7. The lowest BCUT2D eigenvalue weighted by molar-refractivity contribution is 0.297. The molecule has 102 valence electrons. The second kappa shape index (κ2) is 5.75. The van der Waals surface area contributed by atoms with Gasteiger partial charge in [-0.3, -0.25) is 0 Å². The summed E-state index contributed by atoms with van der Waals surface area (Å²) in [7, 11) is 0. The lowest BCUT2D eigenvalue weighted by Crippen LogP contribution is -2.01. The number of halogens is 1. The molecule has 0 amide bonds. The summed E-state index contributed by atoms with van der Waals surface area (Å²) < 4.78 is 19.4. The zero-order valence-electron chi connectivity index (χ0n) is 11.8. The van der Waals surface area contributed by atoms with Crippen LogP contribution in [0.4, 0.5) is 4.39 Å². The van der Waals surface area contributed by atoms with Crippen LogP contribution < -0.4 is 4.74 Å². The third kappa shape index (κ3) is 2.97. The van der Waals surface area contributed by atoms with Crippen molar-refractivity contribution in [1.82, 2.24) is 0 Å². The van der Waals surface area contributed by atoms with Gasteiger partial charge < -0.3 is 4.74 Å². The molecule has 0 saturated carbocycles. The van der Waals surface area contributed by atoms with Crippen molar-refractivity contribution in [2.45, 2.75) is 27.4 Å². The molecule has 0 N–H and O–H groups in total. The third-order valence-corrected chi connectivity index (χ3v) is 3.32. The van der Waals surface area contributed by atoms with Crippen molar-refractivity contribution in [3.63, 3.8) is 0 Å². The Bertz CT molecular complexity index is 686. The lowest BCUT2D eigenvalue weighted by Gasteiger charge is -2.13. The van der Waals surface area contributed by atoms with E-state index >= 15 is 0 Å². The maximum atomic E-state index is 13.7. The second-order valence-corrected chi connectivity index (χ2v) is 4.91. The monoisotopic (exact) mass is 269 g/mol. The second-order valence-electron chi connectivity index (χ2n) is 4.91. The predicted molar refractivity (Wildman–Crippen MR) is 76.1 cm³/mol. The number of hydrogen-bond acceptors (Lipinski definition) is 2. The van der Waals surface area contributed by atoms with Crippen LogP contribution in [0.3, 0.4) is 0 Å². The summed E-state index contributed by atoms with van der Waals surface area (Å²) >= 11 is 0. The van der Waals surface area contributed by atoms with Crippen LogP contribution in [-0.2, 0) is 6.61 Å².